The van der Waals surface area contributed by atoms with Gasteiger partial charge in [-0.05, 0) is 72.6 Å². The van der Waals surface area contributed by atoms with Crippen LogP contribution in [-0.2, 0) is 26.0 Å². The summed E-state index contributed by atoms with van der Waals surface area (Å²) in [5.74, 6) is -1.17. The van der Waals surface area contributed by atoms with Gasteiger partial charge >= 0.3 is 0 Å². The van der Waals surface area contributed by atoms with Crippen LogP contribution in [0.5, 0.6) is 0 Å². The maximum atomic E-state index is 13.6. The van der Waals surface area contributed by atoms with E-state index in [4.69, 9.17) is 28.5 Å². The van der Waals surface area contributed by atoms with Crippen molar-refractivity contribution >= 4 is 50.7 Å². The van der Waals surface area contributed by atoms with E-state index in [0.29, 0.717) is 15.6 Å². The van der Waals surface area contributed by atoms with Crippen LogP contribution in [0.2, 0.25) is 10.0 Å². The third kappa shape index (κ3) is 5.24. The van der Waals surface area contributed by atoms with Gasteiger partial charge in [-0.3, -0.25) is 9.59 Å². The number of hydrogen-bond donors (Lipinski definition) is 0. The van der Waals surface area contributed by atoms with E-state index in [-0.39, 0.29) is 30.0 Å². The van der Waals surface area contributed by atoms with E-state index in [1.54, 1.807) is 18.2 Å². The third-order valence-corrected chi connectivity index (χ3v) is 8.06. The highest BCUT2D eigenvalue weighted by Gasteiger charge is 2.46. The molecule has 7 nitrogen and oxygen atoms in total. The van der Waals surface area contributed by atoms with Crippen LogP contribution >= 0.6 is 23.2 Å². The van der Waals surface area contributed by atoms with Crippen LogP contribution < -0.4 is 4.90 Å². The Labute approximate surface area is 213 Å². The number of amides is 2. The summed E-state index contributed by atoms with van der Waals surface area (Å²) in [5, 5.41) is 9.89. The summed E-state index contributed by atoms with van der Waals surface area (Å²) in [6, 6.07) is 19.3. The Kier molecular flexibility index (Phi) is 7.24. The van der Waals surface area contributed by atoms with Gasteiger partial charge in [0.2, 0.25) is 15.9 Å². The molecule has 0 aliphatic carbocycles. The molecule has 1 heterocycles. The van der Waals surface area contributed by atoms with Crippen molar-refractivity contribution in [2.24, 2.45) is 0 Å². The van der Waals surface area contributed by atoms with Crippen LogP contribution in [0.4, 0.5) is 5.69 Å². The van der Waals surface area contributed by atoms with E-state index in [0.717, 1.165) is 14.8 Å². The molecular formula is C25H19Cl2N3O4S. The first-order chi connectivity index (χ1) is 16.7. The fourth-order valence-corrected chi connectivity index (χ4v) is 5.84. The van der Waals surface area contributed by atoms with Crippen molar-refractivity contribution in [1.82, 2.24) is 4.31 Å². The molecule has 4 rings (SSSR count). The monoisotopic (exact) mass is 527 g/mol. The Hall–Kier alpha value is -3.22. The molecule has 0 radical (unpaired) electrons. The lowest BCUT2D eigenvalue weighted by Gasteiger charge is -2.27. The Morgan fingerprint density at radius 3 is 2.29 bits per heavy atom. The molecule has 1 fully saturated rings. The van der Waals surface area contributed by atoms with Gasteiger partial charge in [-0.15, -0.1) is 0 Å². The molecule has 1 aliphatic heterocycles. The van der Waals surface area contributed by atoms with Gasteiger partial charge in [0.15, 0.2) is 0 Å². The molecular weight excluding hydrogens is 509 g/mol. The van der Waals surface area contributed by atoms with Crippen LogP contribution in [0, 0.1) is 11.3 Å². The smallest absolute Gasteiger partial charge is 0.252 e. The van der Waals surface area contributed by atoms with Gasteiger partial charge in [0, 0.05) is 16.6 Å². The van der Waals surface area contributed by atoms with E-state index in [9.17, 15) is 18.0 Å². The standard InChI is InChI=1S/C25H19Cl2N3O4S/c26-19-6-10-22(11-7-19)35(33,34)29(13-12-17-2-1-3-20(27)14-17)23-15-24(31)30(25(23)32)21-8-4-18(16-28)5-9-21/h1-11,14,23H,12-13,15H2. The number of nitriles is 1. The van der Waals surface area contributed by atoms with Crippen LogP contribution in [0.3, 0.4) is 0 Å². The van der Waals surface area contributed by atoms with Gasteiger partial charge in [-0.25, -0.2) is 13.3 Å². The van der Waals surface area contributed by atoms with Gasteiger partial charge in [-0.1, -0.05) is 35.3 Å². The predicted octanol–water partition coefficient (Wildman–Crippen LogP) is 4.43. The van der Waals surface area contributed by atoms with Gasteiger partial charge in [0.05, 0.1) is 28.6 Å². The second kappa shape index (κ2) is 10.2. The SMILES string of the molecule is N#Cc1ccc(N2C(=O)CC(N(CCc3cccc(Cl)c3)S(=O)(=O)c3ccc(Cl)cc3)C2=O)cc1. The fraction of sp³-hybridized carbons (Fsp3) is 0.160. The molecule has 1 atom stereocenters. The van der Waals surface area contributed by atoms with Crippen molar-refractivity contribution in [3.63, 3.8) is 0 Å². The van der Waals surface area contributed by atoms with E-state index in [2.05, 4.69) is 0 Å². The van der Waals surface area contributed by atoms with Crippen molar-refractivity contribution in [3.05, 3.63) is 94.0 Å². The Bertz CT molecular complexity index is 1420. The quantitative estimate of drug-likeness (QED) is 0.423. The molecule has 0 bridgehead atoms. The van der Waals surface area contributed by atoms with E-state index >= 15 is 0 Å². The van der Waals surface area contributed by atoms with E-state index < -0.39 is 27.9 Å². The van der Waals surface area contributed by atoms with Gasteiger partial charge < -0.3 is 0 Å². The maximum absolute atomic E-state index is 13.6. The molecule has 0 aromatic heterocycles. The number of carbonyl (C=O) groups excluding carboxylic acids is 2. The second-order valence-electron chi connectivity index (χ2n) is 7.90. The van der Waals surface area contributed by atoms with Crippen molar-refractivity contribution in [2.45, 2.75) is 23.8 Å². The van der Waals surface area contributed by atoms with E-state index in [1.165, 1.54) is 48.5 Å². The molecule has 178 valence electrons. The summed E-state index contributed by atoms with van der Waals surface area (Å²) in [6.07, 6.45) is -0.0244. The Morgan fingerprint density at radius 1 is 0.971 bits per heavy atom. The molecule has 35 heavy (non-hydrogen) atoms. The fourth-order valence-electron chi connectivity index (χ4n) is 3.91. The van der Waals surface area contributed by atoms with E-state index in [1.807, 2.05) is 12.1 Å². The Balaban J connectivity index is 1.69. The first kappa shape index (κ1) is 24.9. The summed E-state index contributed by atoms with van der Waals surface area (Å²) < 4.78 is 28.3. The molecule has 0 saturated carbocycles. The third-order valence-electron chi connectivity index (χ3n) is 5.66. The largest absolute Gasteiger partial charge is 0.274 e. The summed E-state index contributed by atoms with van der Waals surface area (Å²) in [6.45, 7) is -0.0454. The molecule has 0 spiro atoms. The maximum Gasteiger partial charge on any atom is 0.252 e. The minimum Gasteiger partial charge on any atom is -0.274 e. The zero-order valence-electron chi connectivity index (χ0n) is 18.3. The van der Waals surface area contributed by atoms with Crippen LogP contribution in [-0.4, -0.2) is 37.1 Å². The van der Waals surface area contributed by atoms with Crippen molar-refractivity contribution < 1.29 is 18.0 Å². The lowest BCUT2D eigenvalue weighted by Crippen LogP contribution is -2.46. The van der Waals surface area contributed by atoms with Gasteiger partial charge in [0.1, 0.15) is 6.04 Å². The lowest BCUT2D eigenvalue weighted by atomic mass is 10.1. The highest BCUT2D eigenvalue weighted by atomic mass is 35.5. The number of imide groups is 1. The molecule has 0 N–H and O–H groups in total. The number of rotatable bonds is 7. The summed E-state index contributed by atoms with van der Waals surface area (Å²) in [5.41, 5.74) is 1.44. The van der Waals surface area contributed by atoms with Crippen molar-refractivity contribution in [3.8, 4) is 6.07 Å². The van der Waals surface area contributed by atoms with Crippen molar-refractivity contribution in [1.29, 1.82) is 5.26 Å². The van der Waals surface area contributed by atoms with Crippen molar-refractivity contribution in [2.75, 3.05) is 11.4 Å². The summed E-state index contributed by atoms with van der Waals surface area (Å²) in [7, 11) is -4.16. The first-order valence-electron chi connectivity index (χ1n) is 10.6. The number of carbonyl (C=O) groups is 2. The average Bonchev–Trinajstić information content (AvgIpc) is 3.13. The minimum absolute atomic E-state index is 0.0370. The predicted molar refractivity (Wildman–Crippen MR) is 133 cm³/mol. The molecule has 1 unspecified atom stereocenters. The van der Waals surface area contributed by atoms with Crippen LogP contribution in [0.1, 0.15) is 17.5 Å². The van der Waals surface area contributed by atoms with Gasteiger partial charge in [0.25, 0.3) is 5.91 Å². The number of halogens is 2. The highest BCUT2D eigenvalue weighted by Crippen LogP contribution is 2.30. The molecule has 1 aliphatic rings. The first-order valence-corrected chi connectivity index (χ1v) is 12.8. The normalized spacial score (nSPS) is 16.1. The Morgan fingerprint density at radius 2 is 1.66 bits per heavy atom. The molecule has 10 heteroatoms. The molecule has 2 amide bonds. The molecule has 1 saturated heterocycles. The number of nitrogens with zero attached hydrogens (tertiary/aromatic N) is 3. The molecule has 3 aromatic rings. The number of sulfonamides is 1. The second-order valence-corrected chi connectivity index (χ2v) is 10.7. The number of benzene rings is 3. The number of hydrogen-bond acceptors (Lipinski definition) is 5. The van der Waals surface area contributed by atoms with Crippen LogP contribution in [0.15, 0.2) is 77.7 Å². The summed E-state index contributed by atoms with van der Waals surface area (Å²) in [4.78, 5) is 27.2. The zero-order valence-corrected chi connectivity index (χ0v) is 20.6. The summed E-state index contributed by atoms with van der Waals surface area (Å²) >= 11 is 12.0. The zero-order chi connectivity index (χ0) is 25.2. The lowest BCUT2D eigenvalue weighted by molar-refractivity contribution is -0.122. The topological polar surface area (TPSA) is 98.5 Å². The average molecular weight is 528 g/mol. The minimum atomic E-state index is -4.16. The highest BCUT2D eigenvalue weighted by molar-refractivity contribution is 7.89. The van der Waals surface area contributed by atoms with Gasteiger partial charge in [-0.2, -0.15) is 9.57 Å². The molecule has 3 aromatic carbocycles. The number of anilines is 1. The van der Waals surface area contributed by atoms with Crippen LogP contribution in [0.25, 0.3) is 0 Å².